The number of carbonyl (C=O) groups is 4. The number of amides is 4. The second-order valence-electron chi connectivity index (χ2n) is 9.75. The summed E-state index contributed by atoms with van der Waals surface area (Å²) >= 11 is 0. The highest BCUT2D eigenvalue weighted by molar-refractivity contribution is 6.35. The topological polar surface area (TPSA) is 116 Å². The van der Waals surface area contributed by atoms with Crippen LogP contribution in [0.25, 0.3) is 0 Å². The molecule has 0 aromatic carbocycles. The van der Waals surface area contributed by atoms with E-state index in [0.717, 1.165) is 51.4 Å². The van der Waals surface area contributed by atoms with Crippen LogP contribution in [0.1, 0.15) is 105 Å². The molecule has 0 heterocycles. The first-order valence-electron chi connectivity index (χ1n) is 13.5. The van der Waals surface area contributed by atoms with Gasteiger partial charge in [0.1, 0.15) is 0 Å². The fourth-order valence-electron chi connectivity index (χ4n) is 4.41. The minimum atomic E-state index is -0.592. The van der Waals surface area contributed by atoms with Crippen molar-refractivity contribution in [1.29, 1.82) is 0 Å². The molecule has 0 spiro atoms. The van der Waals surface area contributed by atoms with Gasteiger partial charge in [0.2, 0.25) is 0 Å². The molecule has 8 heteroatoms. The highest BCUT2D eigenvalue weighted by Crippen LogP contribution is 2.19. The van der Waals surface area contributed by atoms with Crippen LogP contribution < -0.4 is 21.3 Å². The average molecular weight is 481 g/mol. The SMILES string of the molecule is CCCCC(CC)CNC(=O)C(=O)NC1CCC(NC(=O)C(=O)NCC(CC)CCCC)CC1. The van der Waals surface area contributed by atoms with E-state index in [1.165, 1.54) is 0 Å². The number of rotatable bonds is 14. The quantitative estimate of drug-likeness (QED) is 0.286. The zero-order chi connectivity index (χ0) is 25.3. The largest absolute Gasteiger partial charge is 0.348 e. The van der Waals surface area contributed by atoms with E-state index in [-0.39, 0.29) is 12.1 Å². The number of hydrogen-bond acceptors (Lipinski definition) is 4. The van der Waals surface area contributed by atoms with Gasteiger partial charge in [0.25, 0.3) is 0 Å². The monoisotopic (exact) mass is 480 g/mol. The van der Waals surface area contributed by atoms with Crippen LogP contribution in [-0.2, 0) is 19.2 Å². The molecular weight excluding hydrogens is 432 g/mol. The third-order valence-corrected chi connectivity index (χ3v) is 7.00. The first-order valence-corrected chi connectivity index (χ1v) is 13.5. The van der Waals surface area contributed by atoms with Crippen LogP contribution in [0.5, 0.6) is 0 Å². The minimum absolute atomic E-state index is 0.0915. The van der Waals surface area contributed by atoms with Crippen LogP contribution in [0.3, 0.4) is 0 Å². The molecule has 4 amide bonds. The Balaban J connectivity index is 2.30. The molecule has 34 heavy (non-hydrogen) atoms. The van der Waals surface area contributed by atoms with Gasteiger partial charge in [0.15, 0.2) is 0 Å². The van der Waals surface area contributed by atoms with Gasteiger partial charge in [-0.15, -0.1) is 0 Å². The number of hydrogen-bond donors (Lipinski definition) is 4. The van der Waals surface area contributed by atoms with Crippen molar-refractivity contribution < 1.29 is 19.2 Å². The Bertz CT molecular complexity index is 578. The summed E-state index contributed by atoms with van der Waals surface area (Å²) in [6.07, 6.45) is 11.2. The summed E-state index contributed by atoms with van der Waals surface area (Å²) in [7, 11) is 0. The lowest BCUT2D eigenvalue weighted by Crippen LogP contribution is -2.50. The average Bonchev–Trinajstić information content (AvgIpc) is 2.84. The molecule has 0 bridgehead atoms. The third kappa shape index (κ3) is 11.8. The molecule has 1 fully saturated rings. The molecule has 0 aromatic heterocycles. The van der Waals surface area contributed by atoms with Gasteiger partial charge >= 0.3 is 23.6 Å². The molecule has 0 aromatic rings. The van der Waals surface area contributed by atoms with Gasteiger partial charge in [-0.2, -0.15) is 0 Å². The summed E-state index contributed by atoms with van der Waals surface area (Å²) in [6.45, 7) is 9.55. The van der Waals surface area contributed by atoms with Crippen LogP contribution in [0.4, 0.5) is 0 Å². The Kier molecular flexibility index (Phi) is 15.3. The standard InChI is InChI=1S/C26H48N4O4/c1-5-9-11-19(7-3)17-27-23(31)25(33)29-21-13-15-22(16-14-21)30-26(34)24(32)28-18-20(8-4)12-10-6-2/h19-22H,5-18H2,1-4H3,(H,27,31)(H,28,32)(H,29,33)(H,30,34). The predicted octanol–water partition coefficient (Wildman–Crippen LogP) is 3.20. The first-order chi connectivity index (χ1) is 16.3. The van der Waals surface area contributed by atoms with E-state index in [1.54, 1.807) is 0 Å². The molecule has 2 atom stereocenters. The lowest BCUT2D eigenvalue weighted by molar-refractivity contribution is -0.140. The van der Waals surface area contributed by atoms with E-state index in [2.05, 4.69) is 49.0 Å². The summed E-state index contributed by atoms with van der Waals surface area (Å²) in [5.74, 6) is -1.54. The van der Waals surface area contributed by atoms with Crippen molar-refractivity contribution in [2.45, 2.75) is 117 Å². The Hall–Kier alpha value is -2.12. The van der Waals surface area contributed by atoms with Crippen LogP contribution in [0.2, 0.25) is 0 Å². The molecule has 0 radical (unpaired) electrons. The van der Waals surface area contributed by atoms with Gasteiger partial charge in [-0.3, -0.25) is 19.2 Å². The van der Waals surface area contributed by atoms with Crippen molar-refractivity contribution in [1.82, 2.24) is 21.3 Å². The van der Waals surface area contributed by atoms with Crippen LogP contribution >= 0.6 is 0 Å². The number of carbonyl (C=O) groups excluding carboxylic acids is 4. The summed E-state index contributed by atoms with van der Waals surface area (Å²) in [6, 6.07) is -0.183. The maximum absolute atomic E-state index is 12.2. The van der Waals surface area contributed by atoms with Crippen LogP contribution in [-0.4, -0.2) is 48.8 Å². The molecule has 1 saturated carbocycles. The van der Waals surface area contributed by atoms with Crippen molar-refractivity contribution in [3.05, 3.63) is 0 Å². The first kappa shape index (κ1) is 29.9. The molecule has 0 aliphatic heterocycles. The second kappa shape index (κ2) is 17.3. The Labute approximate surface area is 206 Å². The van der Waals surface area contributed by atoms with Gasteiger partial charge < -0.3 is 21.3 Å². The van der Waals surface area contributed by atoms with Gasteiger partial charge in [-0.25, -0.2) is 0 Å². The Morgan fingerprint density at radius 1 is 0.618 bits per heavy atom. The Morgan fingerprint density at radius 2 is 0.971 bits per heavy atom. The van der Waals surface area contributed by atoms with E-state index >= 15 is 0 Å². The highest BCUT2D eigenvalue weighted by atomic mass is 16.2. The van der Waals surface area contributed by atoms with Gasteiger partial charge in [-0.05, 0) is 50.4 Å². The third-order valence-electron chi connectivity index (χ3n) is 7.00. The molecule has 4 N–H and O–H groups in total. The lowest BCUT2D eigenvalue weighted by atomic mass is 9.91. The molecular formula is C26H48N4O4. The van der Waals surface area contributed by atoms with E-state index in [1.807, 2.05) is 0 Å². The maximum atomic E-state index is 12.2. The zero-order valence-corrected chi connectivity index (χ0v) is 21.8. The highest BCUT2D eigenvalue weighted by Gasteiger charge is 2.27. The lowest BCUT2D eigenvalue weighted by Gasteiger charge is -2.29. The van der Waals surface area contributed by atoms with Crippen molar-refractivity contribution in [2.24, 2.45) is 11.8 Å². The molecule has 1 aliphatic carbocycles. The van der Waals surface area contributed by atoms with Crippen molar-refractivity contribution in [2.75, 3.05) is 13.1 Å². The molecule has 0 saturated heterocycles. The maximum Gasteiger partial charge on any atom is 0.309 e. The van der Waals surface area contributed by atoms with Crippen LogP contribution in [0.15, 0.2) is 0 Å². The smallest absolute Gasteiger partial charge is 0.309 e. The molecule has 1 rings (SSSR count). The van der Waals surface area contributed by atoms with E-state index in [9.17, 15) is 19.2 Å². The predicted molar refractivity (Wildman–Crippen MR) is 135 cm³/mol. The van der Waals surface area contributed by atoms with Crippen molar-refractivity contribution in [3.63, 3.8) is 0 Å². The molecule has 1 aliphatic rings. The van der Waals surface area contributed by atoms with Crippen molar-refractivity contribution in [3.8, 4) is 0 Å². The fraction of sp³-hybridized carbons (Fsp3) is 0.846. The van der Waals surface area contributed by atoms with E-state index < -0.39 is 23.6 Å². The van der Waals surface area contributed by atoms with Gasteiger partial charge in [0, 0.05) is 25.2 Å². The fourth-order valence-corrected chi connectivity index (χ4v) is 4.41. The molecule has 196 valence electrons. The van der Waals surface area contributed by atoms with Crippen LogP contribution in [0, 0.1) is 11.8 Å². The Morgan fingerprint density at radius 3 is 1.26 bits per heavy atom. The summed E-state index contributed by atoms with van der Waals surface area (Å²) in [5, 5.41) is 11.2. The molecule has 2 unspecified atom stereocenters. The number of nitrogens with one attached hydrogen (secondary N) is 4. The van der Waals surface area contributed by atoms with Gasteiger partial charge in [-0.1, -0.05) is 66.2 Å². The number of unbranched alkanes of at least 4 members (excludes halogenated alkanes) is 2. The van der Waals surface area contributed by atoms with E-state index in [4.69, 9.17) is 0 Å². The van der Waals surface area contributed by atoms with Gasteiger partial charge in [0.05, 0.1) is 0 Å². The summed E-state index contributed by atoms with van der Waals surface area (Å²) in [5.41, 5.74) is 0. The second-order valence-corrected chi connectivity index (χ2v) is 9.75. The summed E-state index contributed by atoms with van der Waals surface area (Å²) in [4.78, 5) is 48.8. The van der Waals surface area contributed by atoms with Crippen molar-refractivity contribution >= 4 is 23.6 Å². The summed E-state index contributed by atoms with van der Waals surface area (Å²) < 4.78 is 0. The van der Waals surface area contributed by atoms with E-state index in [0.29, 0.717) is 50.6 Å². The molecule has 8 nitrogen and oxygen atoms in total. The minimum Gasteiger partial charge on any atom is -0.348 e. The normalized spacial score (nSPS) is 19.5. The zero-order valence-electron chi connectivity index (χ0n) is 21.8.